The summed E-state index contributed by atoms with van der Waals surface area (Å²) in [6, 6.07) is 4.45. The van der Waals surface area contributed by atoms with Crippen LogP contribution in [0.25, 0.3) is 11.1 Å². The molecule has 0 unspecified atom stereocenters. The van der Waals surface area contributed by atoms with Gasteiger partial charge in [0.15, 0.2) is 0 Å². The highest BCUT2D eigenvalue weighted by Gasteiger charge is 2.39. The minimum atomic E-state index is -4.97. The van der Waals surface area contributed by atoms with Crippen LogP contribution < -0.4 is 4.72 Å². The second kappa shape index (κ2) is 10.7. The lowest BCUT2D eigenvalue weighted by Crippen LogP contribution is -2.42. The summed E-state index contributed by atoms with van der Waals surface area (Å²) in [4.78, 5) is 12.2. The summed E-state index contributed by atoms with van der Waals surface area (Å²) in [5.74, 6) is -2.25. The topological polar surface area (TPSA) is 61.4 Å². The first kappa shape index (κ1) is 28.1. The fourth-order valence-electron chi connectivity index (χ4n) is 3.79. The number of rotatable bonds is 7. The SMILES string of the molecule is CCOC(=O)C[C@H](N[S@+]([O-])C(C)(C)C)c1cc(-c2c(C)cc(C)cc2C)cc(C(F)(F)F)c1F. The van der Waals surface area contributed by atoms with Gasteiger partial charge in [0.05, 0.1) is 24.6 Å². The maximum atomic E-state index is 15.4. The molecule has 2 aromatic carbocycles. The summed E-state index contributed by atoms with van der Waals surface area (Å²) < 4.78 is 76.6. The predicted molar refractivity (Wildman–Crippen MR) is 126 cm³/mol. The monoisotopic (exact) mass is 501 g/mol. The van der Waals surface area contributed by atoms with Gasteiger partial charge in [0, 0.05) is 16.9 Å². The second-order valence-corrected chi connectivity index (χ2v) is 11.3. The highest BCUT2D eigenvalue weighted by Crippen LogP contribution is 2.40. The Morgan fingerprint density at radius 3 is 2.12 bits per heavy atom. The highest BCUT2D eigenvalue weighted by atomic mass is 32.2. The molecule has 0 aliphatic carbocycles. The van der Waals surface area contributed by atoms with Crippen LogP contribution in [-0.4, -0.2) is 21.9 Å². The van der Waals surface area contributed by atoms with E-state index >= 15 is 4.39 Å². The van der Waals surface area contributed by atoms with E-state index in [1.165, 1.54) is 6.07 Å². The van der Waals surface area contributed by atoms with Gasteiger partial charge >= 0.3 is 12.1 Å². The van der Waals surface area contributed by atoms with E-state index in [-0.39, 0.29) is 12.2 Å². The molecule has 0 spiro atoms. The zero-order valence-electron chi connectivity index (χ0n) is 20.4. The number of carbonyl (C=O) groups is 1. The van der Waals surface area contributed by atoms with Crippen LogP contribution in [0, 0.1) is 26.6 Å². The van der Waals surface area contributed by atoms with E-state index in [1.807, 2.05) is 19.1 Å². The number of alkyl halides is 3. The third kappa shape index (κ3) is 6.73. The molecule has 0 aliphatic heterocycles. The van der Waals surface area contributed by atoms with Gasteiger partial charge in [-0.25, -0.2) is 4.39 Å². The van der Waals surface area contributed by atoms with Gasteiger partial charge in [-0.15, -0.1) is 4.72 Å². The van der Waals surface area contributed by atoms with E-state index in [0.29, 0.717) is 5.56 Å². The molecule has 2 atom stereocenters. The van der Waals surface area contributed by atoms with Crippen molar-refractivity contribution in [3.8, 4) is 11.1 Å². The van der Waals surface area contributed by atoms with Gasteiger partial charge in [-0.05, 0) is 82.9 Å². The van der Waals surface area contributed by atoms with Crippen LogP contribution in [0.1, 0.15) is 68.0 Å². The second-order valence-electron chi connectivity index (χ2n) is 9.26. The lowest BCUT2D eigenvalue weighted by Gasteiger charge is -2.29. The molecule has 1 N–H and O–H groups in total. The Morgan fingerprint density at radius 2 is 1.65 bits per heavy atom. The lowest BCUT2D eigenvalue weighted by atomic mass is 9.89. The summed E-state index contributed by atoms with van der Waals surface area (Å²) in [5, 5.41) is 0. The highest BCUT2D eigenvalue weighted by molar-refractivity contribution is 7.90. The Bertz CT molecular complexity index is 1020. The first-order valence-electron chi connectivity index (χ1n) is 10.9. The van der Waals surface area contributed by atoms with E-state index < -0.39 is 57.7 Å². The average Bonchev–Trinajstić information content (AvgIpc) is 2.66. The number of halogens is 4. The molecule has 0 fully saturated rings. The maximum absolute atomic E-state index is 15.4. The largest absolute Gasteiger partial charge is 0.598 e. The van der Waals surface area contributed by atoms with Gasteiger partial charge in [-0.3, -0.25) is 4.79 Å². The molecule has 0 bridgehead atoms. The maximum Gasteiger partial charge on any atom is 0.419 e. The summed E-state index contributed by atoms with van der Waals surface area (Å²) in [5.41, 5.74) is 1.28. The third-order valence-electron chi connectivity index (χ3n) is 5.23. The standard InChI is InChI=1S/C25H31F4NO3S/c1-8-33-21(31)13-20(30-34(32)24(5,6)7)18-11-17(12-19(23(18)26)25(27,28)29)22-15(3)9-14(2)10-16(22)4/h9-12,20,30H,8,13H2,1-7H3/t20-,34+/m0/s1. The number of esters is 1. The van der Waals surface area contributed by atoms with Crippen LogP contribution >= 0.6 is 0 Å². The summed E-state index contributed by atoms with van der Waals surface area (Å²) >= 11 is -1.79. The molecule has 34 heavy (non-hydrogen) atoms. The molecule has 0 aliphatic rings. The first-order valence-corrected chi connectivity index (χ1v) is 12.0. The summed E-state index contributed by atoms with van der Waals surface area (Å²) in [6.07, 6.45) is -5.46. The molecule has 0 radical (unpaired) electrons. The van der Waals surface area contributed by atoms with Crippen molar-refractivity contribution in [3.63, 3.8) is 0 Å². The minimum absolute atomic E-state index is 0.0476. The number of aryl methyl sites for hydroxylation is 3. The van der Waals surface area contributed by atoms with Gasteiger partial charge < -0.3 is 9.29 Å². The molecule has 0 amide bonds. The van der Waals surface area contributed by atoms with Crippen molar-refractivity contribution >= 4 is 17.3 Å². The smallest absolute Gasteiger partial charge is 0.419 e. The zero-order chi connectivity index (χ0) is 26.0. The Hall–Kier alpha value is -2.10. The summed E-state index contributed by atoms with van der Waals surface area (Å²) in [6.45, 7) is 12.0. The molecule has 2 aromatic rings. The van der Waals surface area contributed by atoms with E-state index in [2.05, 4.69) is 4.72 Å². The molecule has 188 valence electrons. The summed E-state index contributed by atoms with van der Waals surface area (Å²) in [7, 11) is 0. The number of ether oxygens (including phenoxy) is 1. The minimum Gasteiger partial charge on any atom is -0.598 e. The van der Waals surface area contributed by atoms with Crippen LogP contribution in [0.3, 0.4) is 0 Å². The van der Waals surface area contributed by atoms with Crippen molar-refractivity contribution in [2.24, 2.45) is 0 Å². The molecule has 4 nitrogen and oxygen atoms in total. The number of hydrogen-bond donors (Lipinski definition) is 1. The van der Waals surface area contributed by atoms with Crippen LogP contribution in [0.5, 0.6) is 0 Å². The number of hydrogen-bond acceptors (Lipinski definition) is 4. The molecular weight excluding hydrogens is 470 g/mol. The molecule has 0 heterocycles. The normalized spacial score (nSPS) is 14.1. The van der Waals surface area contributed by atoms with Crippen molar-refractivity contribution in [3.05, 3.63) is 57.9 Å². The molecule has 0 saturated carbocycles. The van der Waals surface area contributed by atoms with Crippen molar-refractivity contribution in [1.82, 2.24) is 4.72 Å². The Morgan fingerprint density at radius 1 is 1.09 bits per heavy atom. The van der Waals surface area contributed by atoms with E-state index in [4.69, 9.17) is 4.74 Å². The van der Waals surface area contributed by atoms with Gasteiger partial charge in [0.2, 0.25) is 0 Å². The Balaban J connectivity index is 2.79. The van der Waals surface area contributed by atoms with Crippen molar-refractivity contribution in [2.75, 3.05) is 6.61 Å². The van der Waals surface area contributed by atoms with Crippen LogP contribution in [0.2, 0.25) is 0 Å². The number of nitrogens with one attached hydrogen (secondary N) is 1. The molecular formula is C25H31F4NO3S. The van der Waals surface area contributed by atoms with Gasteiger partial charge in [-0.1, -0.05) is 17.7 Å². The number of carbonyl (C=O) groups excluding carboxylic acids is 1. The van der Waals surface area contributed by atoms with Crippen molar-refractivity contribution < 1.29 is 31.6 Å². The van der Waals surface area contributed by atoms with E-state index in [9.17, 15) is 22.5 Å². The lowest BCUT2D eigenvalue weighted by molar-refractivity contribution is -0.143. The molecule has 2 rings (SSSR count). The van der Waals surface area contributed by atoms with Gasteiger partial charge in [-0.2, -0.15) is 13.2 Å². The first-order chi connectivity index (χ1) is 15.6. The Labute approximate surface area is 201 Å². The molecule has 9 heteroatoms. The van der Waals surface area contributed by atoms with Crippen LogP contribution in [-0.2, 0) is 27.1 Å². The van der Waals surface area contributed by atoms with Crippen molar-refractivity contribution in [2.45, 2.75) is 71.9 Å². The fraction of sp³-hybridized carbons (Fsp3) is 0.480. The average molecular weight is 502 g/mol. The van der Waals surface area contributed by atoms with Crippen LogP contribution in [0.4, 0.5) is 17.6 Å². The third-order valence-corrected chi connectivity index (χ3v) is 6.84. The predicted octanol–water partition coefficient (Wildman–Crippen LogP) is 6.48. The number of benzene rings is 2. The van der Waals surface area contributed by atoms with Gasteiger partial charge in [0.1, 0.15) is 10.6 Å². The Kier molecular flexibility index (Phi) is 8.82. The van der Waals surface area contributed by atoms with Gasteiger partial charge in [0.25, 0.3) is 0 Å². The fourth-order valence-corrected chi connectivity index (χ4v) is 4.62. The van der Waals surface area contributed by atoms with E-state index in [0.717, 1.165) is 22.8 Å². The van der Waals surface area contributed by atoms with Crippen molar-refractivity contribution in [1.29, 1.82) is 0 Å². The molecule has 0 aromatic heterocycles. The zero-order valence-corrected chi connectivity index (χ0v) is 21.3. The quantitative estimate of drug-likeness (QED) is 0.268. The van der Waals surface area contributed by atoms with Crippen LogP contribution in [0.15, 0.2) is 24.3 Å². The van der Waals surface area contributed by atoms with E-state index in [1.54, 1.807) is 41.5 Å². The molecule has 0 saturated heterocycles.